The van der Waals surface area contributed by atoms with Crippen molar-refractivity contribution in [2.75, 3.05) is 19.9 Å². The molecule has 1 aliphatic rings. The Kier molecular flexibility index (Phi) is 4.91. The molecule has 0 aromatic carbocycles. The standard InChI is InChI=1S/C11H13Br2FN2O2/c12-9-5-16(11(17)10(13)15-9)8(7-1-2-7)6-18-4-3-14/h5,7-8H,1-4,6H2/t8-/m0/s1. The maximum atomic E-state index is 12.1. The Morgan fingerprint density at radius 1 is 1.56 bits per heavy atom. The minimum Gasteiger partial charge on any atom is -0.377 e. The largest absolute Gasteiger partial charge is 0.377 e. The number of rotatable bonds is 6. The summed E-state index contributed by atoms with van der Waals surface area (Å²) in [5.41, 5.74) is -0.182. The van der Waals surface area contributed by atoms with Crippen molar-refractivity contribution in [3.63, 3.8) is 0 Å². The van der Waals surface area contributed by atoms with Gasteiger partial charge in [-0.3, -0.25) is 4.79 Å². The molecular formula is C11H13Br2FN2O2. The van der Waals surface area contributed by atoms with E-state index >= 15 is 0 Å². The van der Waals surface area contributed by atoms with Gasteiger partial charge in [0.1, 0.15) is 11.3 Å². The van der Waals surface area contributed by atoms with Gasteiger partial charge in [0.05, 0.1) is 19.3 Å². The molecule has 0 saturated heterocycles. The minimum atomic E-state index is -0.504. The summed E-state index contributed by atoms with van der Waals surface area (Å²) in [6.45, 7) is -0.0706. The zero-order chi connectivity index (χ0) is 13.1. The maximum absolute atomic E-state index is 12.1. The second-order valence-electron chi connectivity index (χ2n) is 4.24. The Balaban J connectivity index is 2.22. The van der Waals surface area contributed by atoms with Gasteiger partial charge < -0.3 is 9.30 Å². The van der Waals surface area contributed by atoms with E-state index in [1.165, 1.54) is 0 Å². The summed E-state index contributed by atoms with van der Waals surface area (Å²) >= 11 is 6.41. The van der Waals surface area contributed by atoms with Gasteiger partial charge in [0.25, 0.3) is 5.56 Å². The first-order valence-corrected chi connectivity index (χ1v) is 7.30. The zero-order valence-corrected chi connectivity index (χ0v) is 12.8. The summed E-state index contributed by atoms with van der Waals surface area (Å²) in [6.07, 6.45) is 3.82. The van der Waals surface area contributed by atoms with Gasteiger partial charge in [-0.15, -0.1) is 0 Å². The third-order valence-corrected chi connectivity index (χ3v) is 3.79. The van der Waals surface area contributed by atoms with Gasteiger partial charge in [0.2, 0.25) is 0 Å². The molecule has 1 fully saturated rings. The van der Waals surface area contributed by atoms with Crippen LogP contribution >= 0.6 is 31.9 Å². The van der Waals surface area contributed by atoms with E-state index in [1.54, 1.807) is 10.8 Å². The molecule has 4 nitrogen and oxygen atoms in total. The van der Waals surface area contributed by atoms with E-state index in [4.69, 9.17) is 4.74 Å². The SMILES string of the molecule is O=c1c(Br)nc(Br)cn1[C@@H](COCCF)C1CC1. The molecule has 18 heavy (non-hydrogen) atoms. The molecule has 0 amide bonds. The molecule has 0 radical (unpaired) electrons. The molecule has 2 rings (SSSR count). The van der Waals surface area contributed by atoms with E-state index in [1.807, 2.05) is 0 Å². The molecule has 1 aromatic rings. The molecule has 0 spiro atoms. The number of aromatic nitrogens is 2. The van der Waals surface area contributed by atoms with Crippen molar-refractivity contribution in [2.45, 2.75) is 18.9 Å². The predicted octanol–water partition coefficient (Wildman–Crippen LogP) is 2.71. The number of hydrogen-bond donors (Lipinski definition) is 0. The van der Waals surface area contributed by atoms with Crippen LogP contribution in [0.1, 0.15) is 18.9 Å². The lowest BCUT2D eigenvalue weighted by molar-refractivity contribution is 0.0831. The van der Waals surface area contributed by atoms with E-state index in [-0.39, 0.29) is 22.8 Å². The topological polar surface area (TPSA) is 44.1 Å². The van der Waals surface area contributed by atoms with Crippen molar-refractivity contribution in [1.29, 1.82) is 0 Å². The molecule has 1 heterocycles. The third-order valence-electron chi connectivity index (χ3n) is 2.90. The summed E-state index contributed by atoms with van der Waals surface area (Å²) in [7, 11) is 0. The highest BCUT2D eigenvalue weighted by atomic mass is 79.9. The highest BCUT2D eigenvalue weighted by Gasteiger charge is 2.33. The van der Waals surface area contributed by atoms with E-state index in [9.17, 15) is 9.18 Å². The summed E-state index contributed by atoms with van der Waals surface area (Å²) in [5.74, 6) is 0.434. The molecule has 100 valence electrons. The molecule has 1 aromatic heterocycles. The summed E-state index contributed by atoms with van der Waals surface area (Å²) in [4.78, 5) is 16.0. The average Bonchev–Trinajstić information content (AvgIpc) is 3.14. The number of hydrogen-bond acceptors (Lipinski definition) is 3. The predicted molar refractivity (Wildman–Crippen MR) is 72.5 cm³/mol. The van der Waals surface area contributed by atoms with Crippen LogP contribution in [-0.4, -0.2) is 29.4 Å². The molecular weight excluding hydrogens is 371 g/mol. The lowest BCUT2D eigenvalue weighted by atomic mass is 10.2. The van der Waals surface area contributed by atoms with Crippen LogP contribution in [0.2, 0.25) is 0 Å². The lowest BCUT2D eigenvalue weighted by Gasteiger charge is -2.19. The summed E-state index contributed by atoms with van der Waals surface area (Å²) < 4.78 is 19.8. The van der Waals surface area contributed by atoms with Crippen LogP contribution in [0, 0.1) is 5.92 Å². The van der Waals surface area contributed by atoms with Crippen LogP contribution < -0.4 is 5.56 Å². The normalized spacial score (nSPS) is 16.8. The van der Waals surface area contributed by atoms with Crippen molar-refractivity contribution in [2.24, 2.45) is 5.92 Å². The summed E-state index contributed by atoms with van der Waals surface area (Å²) in [6, 6.07) is -0.0420. The second kappa shape index (κ2) is 6.25. The Morgan fingerprint density at radius 3 is 2.89 bits per heavy atom. The van der Waals surface area contributed by atoms with E-state index in [0.717, 1.165) is 12.8 Å². The van der Waals surface area contributed by atoms with E-state index in [0.29, 0.717) is 17.1 Å². The van der Waals surface area contributed by atoms with Gasteiger partial charge in [0, 0.05) is 6.20 Å². The summed E-state index contributed by atoms with van der Waals surface area (Å²) in [5, 5.41) is 0. The quantitative estimate of drug-likeness (QED) is 0.709. The number of nitrogens with zero attached hydrogens (tertiary/aromatic N) is 2. The van der Waals surface area contributed by atoms with Gasteiger partial charge in [-0.2, -0.15) is 0 Å². The van der Waals surface area contributed by atoms with Gasteiger partial charge in [-0.25, -0.2) is 9.37 Å². The highest BCUT2D eigenvalue weighted by molar-refractivity contribution is 9.11. The Bertz CT molecular complexity index is 477. The molecule has 7 heteroatoms. The van der Waals surface area contributed by atoms with Crippen molar-refractivity contribution in [1.82, 2.24) is 9.55 Å². The van der Waals surface area contributed by atoms with Gasteiger partial charge >= 0.3 is 0 Å². The Morgan fingerprint density at radius 2 is 2.28 bits per heavy atom. The number of ether oxygens (including phenoxy) is 1. The third kappa shape index (κ3) is 3.39. The molecule has 0 N–H and O–H groups in total. The van der Waals surface area contributed by atoms with E-state index < -0.39 is 6.67 Å². The van der Waals surface area contributed by atoms with Crippen LogP contribution in [0.3, 0.4) is 0 Å². The molecule has 0 bridgehead atoms. The lowest BCUT2D eigenvalue weighted by Crippen LogP contribution is -2.30. The first kappa shape index (κ1) is 14.1. The molecule has 0 aliphatic heterocycles. The maximum Gasteiger partial charge on any atom is 0.284 e. The van der Waals surface area contributed by atoms with Gasteiger partial charge in [-0.1, -0.05) is 0 Å². The van der Waals surface area contributed by atoms with Gasteiger partial charge in [0.15, 0.2) is 4.60 Å². The fourth-order valence-electron chi connectivity index (χ4n) is 1.88. The molecule has 1 aliphatic carbocycles. The van der Waals surface area contributed by atoms with Crippen molar-refractivity contribution in [3.8, 4) is 0 Å². The monoisotopic (exact) mass is 382 g/mol. The molecule has 1 saturated carbocycles. The first-order chi connectivity index (χ1) is 8.63. The zero-order valence-electron chi connectivity index (χ0n) is 9.61. The minimum absolute atomic E-state index is 0.0420. The molecule has 1 atom stereocenters. The van der Waals surface area contributed by atoms with Crippen molar-refractivity contribution in [3.05, 3.63) is 25.8 Å². The fourth-order valence-corrected chi connectivity index (χ4v) is 2.91. The first-order valence-electron chi connectivity index (χ1n) is 5.71. The highest BCUT2D eigenvalue weighted by Crippen LogP contribution is 2.39. The van der Waals surface area contributed by atoms with Crippen LogP contribution in [0.15, 0.2) is 20.2 Å². The molecule has 0 unspecified atom stereocenters. The van der Waals surface area contributed by atoms with Crippen LogP contribution in [0.25, 0.3) is 0 Å². The fraction of sp³-hybridized carbons (Fsp3) is 0.636. The van der Waals surface area contributed by atoms with Crippen LogP contribution in [0.5, 0.6) is 0 Å². The number of alkyl halides is 1. The van der Waals surface area contributed by atoms with Crippen LogP contribution in [-0.2, 0) is 4.74 Å². The number of halogens is 3. The van der Waals surface area contributed by atoms with Crippen LogP contribution in [0.4, 0.5) is 4.39 Å². The van der Waals surface area contributed by atoms with Gasteiger partial charge in [-0.05, 0) is 50.6 Å². The average molecular weight is 384 g/mol. The van der Waals surface area contributed by atoms with E-state index in [2.05, 4.69) is 36.8 Å². The van der Waals surface area contributed by atoms with Crippen molar-refractivity contribution < 1.29 is 9.13 Å². The smallest absolute Gasteiger partial charge is 0.284 e. The Labute approximate surface area is 121 Å². The second-order valence-corrected chi connectivity index (χ2v) is 5.80. The Hall–Kier alpha value is -0.270. The van der Waals surface area contributed by atoms with Crippen molar-refractivity contribution >= 4 is 31.9 Å².